The first-order valence-corrected chi connectivity index (χ1v) is 5.88. The SMILES string of the molecule is CCCC(CC(=O)O)C(=O)c1ccccc1C. The van der Waals surface area contributed by atoms with Gasteiger partial charge in [0.15, 0.2) is 5.78 Å². The van der Waals surface area contributed by atoms with E-state index in [1.165, 1.54) is 0 Å². The van der Waals surface area contributed by atoms with E-state index in [1.54, 1.807) is 6.07 Å². The van der Waals surface area contributed by atoms with E-state index in [2.05, 4.69) is 0 Å². The first kappa shape index (κ1) is 13.4. The zero-order valence-corrected chi connectivity index (χ0v) is 10.3. The summed E-state index contributed by atoms with van der Waals surface area (Å²) < 4.78 is 0. The monoisotopic (exact) mass is 234 g/mol. The molecule has 3 nitrogen and oxygen atoms in total. The molecule has 0 aromatic heterocycles. The number of carbonyl (C=O) groups excluding carboxylic acids is 1. The summed E-state index contributed by atoms with van der Waals surface area (Å²) in [5.41, 5.74) is 1.55. The van der Waals surface area contributed by atoms with Crippen LogP contribution in [0.1, 0.15) is 42.1 Å². The van der Waals surface area contributed by atoms with Crippen LogP contribution in [0.5, 0.6) is 0 Å². The van der Waals surface area contributed by atoms with Crippen LogP contribution in [0.2, 0.25) is 0 Å². The summed E-state index contributed by atoms with van der Waals surface area (Å²) in [6.45, 7) is 3.83. The molecule has 0 spiro atoms. The van der Waals surface area contributed by atoms with Crippen LogP contribution in [-0.2, 0) is 4.79 Å². The molecule has 1 aromatic rings. The maximum absolute atomic E-state index is 12.2. The zero-order chi connectivity index (χ0) is 12.8. The van der Waals surface area contributed by atoms with Crippen molar-refractivity contribution < 1.29 is 14.7 Å². The van der Waals surface area contributed by atoms with Crippen LogP contribution < -0.4 is 0 Å². The predicted octanol–water partition coefficient (Wildman–Crippen LogP) is 3.07. The molecular weight excluding hydrogens is 216 g/mol. The summed E-state index contributed by atoms with van der Waals surface area (Å²) in [6, 6.07) is 7.32. The van der Waals surface area contributed by atoms with Crippen molar-refractivity contribution in [2.24, 2.45) is 5.92 Å². The third kappa shape index (κ3) is 3.70. The minimum absolute atomic E-state index is 0.0487. The molecule has 0 bridgehead atoms. The number of hydrogen-bond donors (Lipinski definition) is 1. The minimum Gasteiger partial charge on any atom is -0.481 e. The van der Waals surface area contributed by atoms with Gasteiger partial charge in [0.1, 0.15) is 0 Å². The Hall–Kier alpha value is -1.64. The van der Waals surface area contributed by atoms with Gasteiger partial charge >= 0.3 is 5.97 Å². The fourth-order valence-electron chi connectivity index (χ4n) is 1.95. The van der Waals surface area contributed by atoms with Gasteiger partial charge in [-0.3, -0.25) is 9.59 Å². The van der Waals surface area contributed by atoms with Gasteiger partial charge in [-0.1, -0.05) is 37.6 Å². The smallest absolute Gasteiger partial charge is 0.304 e. The molecule has 3 heteroatoms. The number of benzene rings is 1. The number of aryl methyl sites for hydroxylation is 1. The van der Waals surface area contributed by atoms with E-state index in [9.17, 15) is 9.59 Å². The molecule has 0 saturated carbocycles. The minimum atomic E-state index is -0.912. The van der Waals surface area contributed by atoms with Crippen LogP contribution in [0.4, 0.5) is 0 Å². The molecule has 0 radical (unpaired) electrons. The van der Waals surface area contributed by atoms with Gasteiger partial charge in [-0.25, -0.2) is 0 Å². The molecule has 0 aliphatic heterocycles. The number of Topliss-reactive ketones (excluding diaryl/α,β-unsaturated/α-hetero) is 1. The van der Waals surface area contributed by atoms with Crippen LogP contribution in [0, 0.1) is 12.8 Å². The number of ketones is 1. The maximum atomic E-state index is 12.2. The van der Waals surface area contributed by atoms with Crippen molar-refractivity contribution in [1.82, 2.24) is 0 Å². The third-order valence-corrected chi connectivity index (χ3v) is 2.84. The van der Waals surface area contributed by atoms with E-state index >= 15 is 0 Å². The van der Waals surface area contributed by atoms with E-state index in [1.807, 2.05) is 32.0 Å². The highest BCUT2D eigenvalue weighted by molar-refractivity contribution is 6.00. The summed E-state index contributed by atoms with van der Waals surface area (Å²) in [6.07, 6.45) is 1.36. The van der Waals surface area contributed by atoms with Gasteiger partial charge in [0.25, 0.3) is 0 Å². The molecule has 1 aromatic carbocycles. The fraction of sp³-hybridized carbons (Fsp3) is 0.429. The van der Waals surface area contributed by atoms with Gasteiger partial charge in [0.05, 0.1) is 6.42 Å². The topological polar surface area (TPSA) is 54.4 Å². The van der Waals surface area contributed by atoms with Gasteiger partial charge in [-0.2, -0.15) is 0 Å². The quantitative estimate of drug-likeness (QED) is 0.769. The molecule has 0 aliphatic carbocycles. The van der Waals surface area contributed by atoms with Gasteiger partial charge in [-0.15, -0.1) is 0 Å². The van der Waals surface area contributed by atoms with Crippen molar-refractivity contribution >= 4 is 11.8 Å². The lowest BCUT2D eigenvalue weighted by molar-refractivity contribution is -0.137. The van der Waals surface area contributed by atoms with E-state index in [-0.39, 0.29) is 12.2 Å². The molecule has 0 fully saturated rings. The average molecular weight is 234 g/mol. The number of carboxylic acids is 1. The van der Waals surface area contributed by atoms with Crippen molar-refractivity contribution in [3.8, 4) is 0 Å². The van der Waals surface area contributed by atoms with Gasteiger partial charge in [0.2, 0.25) is 0 Å². The Labute approximate surface area is 101 Å². The van der Waals surface area contributed by atoms with Crippen molar-refractivity contribution in [2.75, 3.05) is 0 Å². The first-order valence-electron chi connectivity index (χ1n) is 5.88. The van der Waals surface area contributed by atoms with Crippen LogP contribution in [0.25, 0.3) is 0 Å². The van der Waals surface area contributed by atoms with Gasteiger partial charge < -0.3 is 5.11 Å². The molecule has 1 atom stereocenters. The van der Waals surface area contributed by atoms with Crippen LogP contribution in [0.3, 0.4) is 0 Å². The molecule has 0 aliphatic rings. The summed E-state index contributed by atoms with van der Waals surface area (Å²) in [7, 11) is 0. The van der Waals surface area contributed by atoms with Gasteiger partial charge in [0, 0.05) is 11.5 Å². The number of rotatable bonds is 6. The second-order valence-electron chi connectivity index (χ2n) is 4.26. The Morgan fingerprint density at radius 2 is 1.94 bits per heavy atom. The molecule has 17 heavy (non-hydrogen) atoms. The molecular formula is C14H18O3. The molecule has 0 heterocycles. The predicted molar refractivity (Wildman–Crippen MR) is 66.2 cm³/mol. The second-order valence-corrected chi connectivity index (χ2v) is 4.26. The standard InChI is InChI=1S/C14H18O3/c1-3-6-11(9-13(15)16)14(17)12-8-5-4-7-10(12)2/h4-5,7-8,11H,3,6,9H2,1-2H3,(H,15,16). The van der Waals surface area contributed by atoms with E-state index < -0.39 is 11.9 Å². The zero-order valence-electron chi connectivity index (χ0n) is 10.3. The first-order chi connectivity index (χ1) is 8.06. The Bertz CT molecular complexity index is 410. The van der Waals surface area contributed by atoms with Gasteiger partial charge in [-0.05, 0) is 18.9 Å². The average Bonchev–Trinajstić information content (AvgIpc) is 2.28. The van der Waals surface area contributed by atoms with E-state index in [0.717, 1.165) is 12.0 Å². The molecule has 0 amide bonds. The maximum Gasteiger partial charge on any atom is 0.304 e. The number of aliphatic carboxylic acids is 1. The number of carboxylic acid groups (broad SMARTS) is 1. The van der Waals surface area contributed by atoms with Crippen LogP contribution in [0.15, 0.2) is 24.3 Å². The lowest BCUT2D eigenvalue weighted by Gasteiger charge is -2.14. The largest absolute Gasteiger partial charge is 0.481 e. The van der Waals surface area contributed by atoms with Crippen LogP contribution in [-0.4, -0.2) is 16.9 Å². The van der Waals surface area contributed by atoms with E-state index in [0.29, 0.717) is 12.0 Å². The summed E-state index contributed by atoms with van der Waals surface area (Å²) >= 11 is 0. The summed E-state index contributed by atoms with van der Waals surface area (Å²) in [5, 5.41) is 8.82. The fourth-order valence-corrected chi connectivity index (χ4v) is 1.95. The van der Waals surface area contributed by atoms with E-state index in [4.69, 9.17) is 5.11 Å². The highest BCUT2D eigenvalue weighted by Crippen LogP contribution is 2.20. The Balaban J connectivity index is 2.91. The lowest BCUT2D eigenvalue weighted by atomic mass is 9.89. The third-order valence-electron chi connectivity index (χ3n) is 2.84. The molecule has 92 valence electrons. The van der Waals surface area contributed by atoms with Crippen molar-refractivity contribution in [1.29, 1.82) is 0 Å². The second kappa shape index (κ2) is 6.18. The van der Waals surface area contributed by atoms with Crippen molar-refractivity contribution in [2.45, 2.75) is 33.1 Å². The Morgan fingerprint density at radius 3 is 2.47 bits per heavy atom. The number of carbonyl (C=O) groups is 2. The molecule has 1 unspecified atom stereocenters. The molecule has 0 saturated heterocycles. The normalized spacial score (nSPS) is 12.1. The highest BCUT2D eigenvalue weighted by atomic mass is 16.4. The van der Waals surface area contributed by atoms with Crippen molar-refractivity contribution in [3.05, 3.63) is 35.4 Å². The Kier molecular flexibility index (Phi) is 4.88. The Morgan fingerprint density at radius 1 is 1.29 bits per heavy atom. The molecule has 1 N–H and O–H groups in total. The highest BCUT2D eigenvalue weighted by Gasteiger charge is 2.22. The van der Waals surface area contributed by atoms with Crippen molar-refractivity contribution in [3.63, 3.8) is 0 Å². The lowest BCUT2D eigenvalue weighted by Crippen LogP contribution is -2.19. The summed E-state index contributed by atoms with van der Waals surface area (Å²) in [5.74, 6) is -1.36. The number of hydrogen-bond acceptors (Lipinski definition) is 2. The summed E-state index contributed by atoms with van der Waals surface area (Å²) in [4.78, 5) is 23.0. The molecule has 1 rings (SSSR count). The van der Waals surface area contributed by atoms with Crippen LogP contribution >= 0.6 is 0 Å².